The topological polar surface area (TPSA) is 107 Å². The number of alkyl halides is 4. The lowest BCUT2D eigenvalue weighted by Crippen LogP contribution is -2.76. The number of hydrogen-bond acceptors (Lipinski definition) is 8. The minimum Gasteiger partial charge on any atom is -0.340 e. The van der Waals surface area contributed by atoms with Gasteiger partial charge in [0.25, 0.3) is 0 Å². The lowest BCUT2D eigenvalue weighted by molar-refractivity contribution is -0.199. The molecule has 32 heavy (non-hydrogen) atoms. The number of piperidine rings is 1. The van der Waals surface area contributed by atoms with Gasteiger partial charge in [-0.25, -0.2) is 17.1 Å². The Labute approximate surface area is 186 Å². The second-order valence-electron chi connectivity index (χ2n) is 8.80. The standard InChI is InChI=1S/C18H34F4N6O3S/c1-32(29,30)28-8-6-14(7-9-28)24-16-25-15(23-10-12-2-4-13(19)5-3-12)26-17(27-16)31-11-18(20,21)22/h12-17,23-27H,2-11H2,1H3. The molecule has 0 bridgehead atoms. The average molecular weight is 491 g/mol. The zero-order valence-corrected chi connectivity index (χ0v) is 18.9. The fraction of sp³-hybridized carbons (Fsp3) is 1.00. The van der Waals surface area contributed by atoms with Crippen molar-refractivity contribution in [1.82, 2.24) is 30.9 Å². The number of halogens is 4. The van der Waals surface area contributed by atoms with Gasteiger partial charge in [0.15, 0.2) is 6.35 Å². The number of nitrogens with one attached hydrogen (secondary N) is 5. The van der Waals surface area contributed by atoms with Crippen molar-refractivity contribution < 1.29 is 30.7 Å². The molecule has 3 unspecified atom stereocenters. The summed E-state index contributed by atoms with van der Waals surface area (Å²) in [5.74, 6) is 0.307. The molecule has 3 aliphatic rings. The van der Waals surface area contributed by atoms with Crippen molar-refractivity contribution >= 4 is 10.0 Å². The van der Waals surface area contributed by atoms with Gasteiger partial charge in [0.05, 0.1) is 6.26 Å². The Kier molecular flexibility index (Phi) is 9.11. The minimum absolute atomic E-state index is 0.0140. The monoisotopic (exact) mass is 490 g/mol. The van der Waals surface area contributed by atoms with E-state index in [0.29, 0.717) is 51.2 Å². The molecule has 3 atom stereocenters. The highest BCUT2D eigenvalue weighted by Gasteiger charge is 2.34. The Morgan fingerprint density at radius 2 is 1.62 bits per heavy atom. The molecule has 14 heteroatoms. The molecule has 3 fully saturated rings. The maximum absolute atomic E-state index is 13.3. The number of rotatable bonds is 8. The van der Waals surface area contributed by atoms with Crippen LogP contribution in [0, 0.1) is 5.92 Å². The van der Waals surface area contributed by atoms with E-state index in [1.165, 1.54) is 10.6 Å². The van der Waals surface area contributed by atoms with Gasteiger partial charge in [-0.15, -0.1) is 0 Å². The molecule has 0 aromatic heterocycles. The van der Waals surface area contributed by atoms with Crippen molar-refractivity contribution in [3.05, 3.63) is 0 Å². The zero-order valence-electron chi connectivity index (χ0n) is 18.1. The van der Waals surface area contributed by atoms with Gasteiger partial charge in [-0.1, -0.05) is 0 Å². The predicted molar refractivity (Wildman–Crippen MR) is 110 cm³/mol. The largest absolute Gasteiger partial charge is 0.411 e. The molecule has 188 valence electrons. The smallest absolute Gasteiger partial charge is 0.340 e. The van der Waals surface area contributed by atoms with Crippen LogP contribution in [-0.2, 0) is 14.8 Å². The summed E-state index contributed by atoms with van der Waals surface area (Å²) in [7, 11) is -3.24. The van der Waals surface area contributed by atoms with Crippen molar-refractivity contribution in [2.45, 2.75) is 75.8 Å². The van der Waals surface area contributed by atoms with E-state index in [9.17, 15) is 26.0 Å². The molecule has 3 rings (SSSR count). The molecule has 1 aliphatic carbocycles. The van der Waals surface area contributed by atoms with E-state index in [4.69, 9.17) is 4.74 Å². The molecule has 0 radical (unpaired) electrons. The van der Waals surface area contributed by atoms with E-state index < -0.39 is 47.9 Å². The lowest BCUT2D eigenvalue weighted by Gasteiger charge is -2.42. The first-order valence-electron chi connectivity index (χ1n) is 11.0. The summed E-state index contributed by atoms with van der Waals surface area (Å²) >= 11 is 0. The van der Waals surface area contributed by atoms with E-state index in [1.54, 1.807) is 0 Å². The Bertz CT molecular complexity index is 685. The molecule has 1 saturated carbocycles. The van der Waals surface area contributed by atoms with E-state index in [1.807, 2.05) is 0 Å². The van der Waals surface area contributed by atoms with Gasteiger partial charge < -0.3 is 4.74 Å². The second kappa shape index (κ2) is 11.2. The molecular formula is C18H34F4N6O3S. The summed E-state index contributed by atoms with van der Waals surface area (Å²) in [6, 6.07) is -0.0140. The molecule has 0 aromatic rings. The first-order chi connectivity index (χ1) is 15.0. The van der Waals surface area contributed by atoms with Crippen LogP contribution in [0.4, 0.5) is 17.6 Å². The van der Waals surface area contributed by atoms with E-state index in [0.717, 1.165) is 12.8 Å². The number of ether oxygens (including phenoxy) is 1. The van der Waals surface area contributed by atoms with Crippen LogP contribution in [0.3, 0.4) is 0 Å². The van der Waals surface area contributed by atoms with Crippen LogP contribution in [0.1, 0.15) is 38.5 Å². The van der Waals surface area contributed by atoms with Crippen LogP contribution in [-0.4, -0.2) is 82.5 Å². The van der Waals surface area contributed by atoms with E-state index in [-0.39, 0.29) is 6.04 Å². The average Bonchev–Trinajstić information content (AvgIpc) is 2.71. The van der Waals surface area contributed by atoms with Gasteiger partial charge in [-0.05, 0) is 44.4 Å². The van der Waals surface area contributed by atoms with Crippen molar-refractivity contribution in [1.29, 1.82) is 0 Å². The molecule has 2 saturated heterocycles. The van der Waals surface area contributed by atoms with Crippen LogP contribution in [0.15, 0.2) is 0 Å². The quantitative estimate of drug-likeness (QED) is 0.310. The summed E-state index contributed by atoms with van der Waals surface area (Å²) in [4.78, 5) is 0. The van der Waals surface area contributed by atoms with Crippen LogP contribution < -0.4 is 26.6 Å². The number of hydrogen-bond donors (Lipinski definition) is 5. The fourth-order valence-electron chi connectivity index (χ4n) is 4.30. The molecule has 5 N–H and O–H groups in total. The Morgan fingerprint density at radius 1 is 1.00 bits per heavy atom. The van der Waals surface area contributed by atoms with Crippen molar-refractivity contribution in [3.63, 3.8) is 0 Å². The summed E-state index contributed by atoms with van der Waals surface area (Å²) in [5.41, 5.74) is 0. The first-order valence-corrected chi connectivity index (χ1v) is 12.9. The van der Waals surface area contributed by atoms with Gasteiger partial charge in [-0.3, -0.25) is 26.6 Å². The van der Waals surface area contributed by atoms with Crippen LogP contribution >= 0.6 is 0 Å². The van der Waals surface area contributed by atoms with Crippen molar-refractivity contribution in [3.8, 4) is 0 Å². The molecule has 0 amide bonds. The second-order valence-corrected chi connectivity index (χ2v) is 10.8. The minimum atomic E-state index is -4.45. The lowest BCUT2D eigenvalue weighted by atomic mass is 9.88. The third kappa shape index (κ3) is 8.63. The molecule has 0 spiro atoms. The van der Waals surface area contributed by atoms with Gasteiger partial charge in [-0.2, -0.15) is 13.2 Å². The van der Waals surface area contributed by atoms with Crippen LogP contribution in [0.5, 0.6) is 0 Å². The van der Waals surface area contributed by atoms with Gasteiger partial charge in [0.2, 0.25) is 10.0 Å². The van der Waals surface area contributed by atoms with Crippen molar-refractivity contribution in [2.24, 2.45) is 5.92 Å². The predicted octanol–water partition coefficient (Wildman–Crippen LogP) is 0.330. The molecule has 0 aromatic carbocycles. The Balaban J connectivity index is 1.51. The Hall–Kier alpha value is -0.610. The third-order valence-corrected chi connectivity index (χ3v) is 7.40. The van der Waals surface area contributed by atoms with Crippen molar-refractivity contribution in [2.75, 3.05) is 32.5 Å². The summed E-state index contributed by atoms with van der Waals surface area (Å²) in [5, 5.41) is 15.6. The summed E-state index contributed by atoms with van der Waals surface area (Å²) < 4.78 is 80.9. The van der Waals surface area contributed by atoms with Gasteiger partial charge >= 0.3 is 6.18 Å². The summed E-state index contributed by atoms with van der Waals surface area (Å²) in [6.45, 7) is -0.0317. The highest BCUT2D eigenvalue weighted by atomic mass is 32.2. The molecule has 9 nitrogen and oxygen atoms in total. The van der Waals surface area contributed by atoms with Crippen LogP contribution in [0.25, 0.3) is 0 Å². The fourth-order valence-corrected chi connectivity index (χ4v) is 5.18. The maximum Gasteiger partial charge on any atom is 0.411 e. The Morgan fingerprint density at radius 3 is 2.22 bits per heavy atom. The zero-order chi connectivity index (χ0) is 23.4. The third-order valence-electron chi connectivity index (χ3n) is 6.10. The molecule has 2 aliphatic heterocycles. The van der Waals surface area contributed by atoms with Crippen LogP contribution in [0.2, 0.25) is 0 Å². The number of sulfonamides is 1. The SMILES string of the molecule is CS(=O)(=O)N1CCC(NC2NC(NCC3CCC(F)CC3)NC(OCC(F)(F)F)N2)CC1. The highest BCUT2D eigenvalue weighted by Crippen LogP contribution is 2.25. The number of nitrogens with zero attached hydrogens (tertiary/aromatic N) is 1. The normalized spacial score (nSPS) is 34.0. The molecular weight excluding hydrogens is 456 g/mol. The maximum atomic E-state index is 13.3. The summed E-state index contributed by atoms with van der Waals surface area (Å²) in [6.07, 6.45) is -2.37. The van der Waals surface area contributed by atoms with Gasteiger partial charge in [0, 0.05) is 25.7 Å². The van der Waals surface area contributed by atoms with Gasteiger partial charge in [0.1, 0.15) is 25.4 Å². The van der Waals surface area contributed by atoms with E-state index >= 15 is 0 Å². The molecule has 2 heterocycles. The highest BCUT2D eigenvalue weighted by molar-refractivity contribution is 7.88. The van der Waals surface area contributed by atoms with E-state index in [2.05, 4.69) is 26.6 Å². The first kappa shape index (κ1) is 26.0.